The van der Waals surface area contributed by atoms with Crippen molar-refractivity contribution in [3.05, 3.63) is 17.3 Å². The standard InChI is InChI=1S/C13H17ClFN5O/c14-13-18-4-8(15)12(20-13)19-10-7-2-5(1-6(7)3-16)9(10)11(17)21/h4-7,9-10H,1-3,16H2,(H2,17,21)(H,18,19,20). The van der Waals surface area contributed by atoms with E-state index in [2.05, 4.69) is 15.3 Å². The quantitative estimate of drug-likeness (QED) is 0.712. The van der Waals surface area contributed by atoms with Crippen molar-refractivity contribution in [2.75, 3.05) is 11.9 Å². The number of primary amides is 1. The lowest BCUT2D eigenvalue weighted by Gasteiger charge is -2.34. The van der Waals surface area contributed by atoms with E-state index in [9.17, 15) is 9.18 Å². The molecule has 2 bridgehead atoms. The zero-order valence-electron chi connectivity index (χ0n) is 11.3. The number of nitrogens with two attached hydrogens (primary N) is 2. The summed E-state index contributed by atoms with van der Waals surface area (Å²) in [6, 6.07) is -0.254. The van der Waals surface area contributed by atoms with Gasteiger partial charge in [0.2, 0.25) is 11.2 Å². The fourth-order valence-electron chi connectivity index (χ4n) is 3.98. The van der Waals surface area contributed by atoms with E-state index < -0.39 is 5.82 Å². The monoisotopic (exact) mass is 313 g/mol. The topological polar surface area (TPSA) is 107 Å². The Hall–Kier alpha value is -1.47. The van der Waals surface area contributed by atoms with Gasteiger partial charge in [0.05, 0.1) is 12.1 Å². The molecule has 2 aliphatic carbocycles. The van der Waals surface area contributed by atoms with Gasteiger partial charge >= 0.3 is 0 Å². The minimum atomic E-state index is -0.602. The average Bonchev–Trinajstić information content (AvgIpc) is 3.00. The van der Waals surface area contributed by atoms with Crippen LogP contribution in [0.1, 0.15) is 12.8 Å². The number of carbonyl (C=O) groups excluding carboxylic acids is 1. The van der Waals surface area contributed by atoms with Crippen LogP contribution in [0.2, 0.25) is 5.28 Å². The summed E-state index contributed by atoms with van der Waals surface area (Å²) in [5.41, 5.74) is 11.3. The van der Waals surface area contributed by atoms with E-state index in [1.54, 1.807) is 0 Å². The Morgan fingerprint density at radius 3 is 2.95 bits per heavy atom. The summed E-state index contributed by atoms with van der Waals surface area (Å²) in [7, 11) is 0. The van der Waals surface area contributed by atoms with Crippen LogP contribution in [0.5, 0.6) is 0 Å². The molecule has 1 heterocycles. The van der Waals surface area contributed by atoms with E-state index in [-0.39, 0.29) is 40.8 Å². The molecule has 0 radical (unpaired) electrons. The number of fused-ring (bicyclic) bond motifs is 2. The maximum Gasteiger partial charge on any atom is 0.224 e. The summed E-state index contributed by atoms with van der Waals surface area (Å²) in [6.45, 7) is 0.553. The second-order valence-electron chi connectivity index (χ2n) is 5.82. The number of hydrogen-bond donors (Lipinski definition) is 3. The average molecular weight is 314 g/mol. The molecule has 1 aromatic heterocycles. The third-order valence-electron chi connectivity index (χ3n) is 4.79. The van der Waals surface area contributed by atoms with Crippen LogP contribution in [0, 0.1) is 29.5 Å². The van der Waals surface area contributed by atoms with E-state index in [4.69, 9.17) is 23.1 Å². The first-order chi connectivity index (χ1) is 10.0. The van der Waals surface area contributed by atoms with E-state index in [1.165, 1.54) is 0 Å². The van der Waals surface area contributed by atoms with Crippen LogP contribution < -0.4 is 16.8 Å². The van der Waals surface area contributed by atoms with Crippen molar-refractivity contribution in [3.63, 3.8) is 0 Å². The second kappa shape index (κ2) is 5.38. The lowest BCUT2D eigenvalue weighted by atomic mass is 9.78. The maximum absolute atomic E-state index is 13.8. The van der Waals surface area contributed by atoms with Crippen molar-refractivity contribution in [2.24, 2.45) is 35.1 Å². The molecular formula is C13H17ClFN5O. The molecule has 8 heteroatoms. The van der Waals surface area contributed by atoms with E-state index in [0.29, 0.717) is 12.5 Å². The Morgan fingerprint density at radius 1 is 1.52 bits per heavy atom. The minimum Gasteiger partial charge on any atom is -0.369 e. The lowest BCUT2D eigenvalue weighted by Crippen LogP contribution is -2.46. The molecule has 3 rings (SSSR count). The van der Waals surface area contributed by atoms with Gasteiger partial charge in [-0.05, 0) is 48.7 Å². The van der Waals surface area contributed by atoms with Crippen molar-refractivity contribution in [1.82, 2.24) is 9.97 Å². The van der Waals surface area contributed by atoms with Crippen LogP contribution in [0.15, 0.2) is 6.20 Å². The van der Waals surface area contributed by atoms with Crippen LogP contribution in [-0.4, -0.2) is 28.5 Å². The zero-order chi connectivity index (χ0) is 15.1. The third-order valence-corrected chi connectivity index (χ3v) is 4.97. The SMILES string of the molecule is NCC1CC2CC1C(Nc1nc(Cl)ncc1F)C2C(N)=O. The van der Waals surface area contributed by atoms with Gasteiger partial charge in [-0.25, -0.2) is 9.37 Å². The van der Waals surface area contributed by atoms with Gasteiger partial charge in [0.1, 0.15) is 0 Å². The van der Waals surface area contributed by atoms with E-state index in [1.807, 2.05) is 0 Å². The predicted molar refractivity (Wildman–Crippen MR) is 75.9 cm³/mol. The summed E-state index contributed by atoms with van der Waals surface area (Å²) in [4.78, 5) is 19.2. The largest absolute Gasteiger partial charge is 0.369 e. The van der Waals surface area contributed by atoms with Crippen molar-refractivity contribution < 1.29 is 9.18 Å². The number of aromatic nitrogens is 2. The van der Waals surface area contributed by atoms with Gasteiger partial charge in [0.15, 0.2) is 11.6 Å². The summed E-state index contributed by atoms with van der Waals surface area (Å²) < 4.78 is 13.8. The summed E-state index contributed by atoms with van der Waals surface area (Å²) in [5.74, 6) is -0.556. The van der Waals surface area contributed by atoms with Crippen LogP contribution in [0.4, 0.5) is 10.2 Å². The molecule has 0 aromatic carbocycles. The van der Waals surface area contributed by atoms with Gasteiger partial charge in [-0.2, -0.15) is 4.98 Å². The first kappa shape index (κ1) is 14.5. The van der Waals surface area contributed by atoms with Crippen LogP contribution in [0.3, 0.4) is 0 Å². The summed E-state index contributed by atoms with van der Waals surface area (Å²) >= 11 is 5.70. The van der Waals surface area contributed by atoms with Gasteiger partial charge in [0, 0.05) is 6.04 Å². The maximum atomic E-state index is 13.8. The molecule has 5 N–H and O–H groups in total. The van der Waals surface area contributed by atoms with Gasteiger partial charge in [-0.15, -0.1) is 0 Å². The molecule has 0 spiro atoms. The summed E-state index contributed by atoms with van der Waals surface area (Å²) in [6.07, 6.45) is 2.79. The number of rotatable bonds is 4. The molecule has 2 fully saturated rings. The number of nitrogens with one attached hydrogen (secondary N) is 1. The molecule has 2 aliphatic rings. The normalized spacial score (nSPS) is 34.1. The predicted octanol–water partition coefficient (Wildman–Crippen LogP) is 0.766. The van der Waals surface area contributed by atoms with Gasteiger partial charge in [-0.3, -0.25) is 4.79 Å². The first-order valence-electron chi connectivity index (χ1n) is 6.95. The smallest absolute Gasteiger partial charge is 0.224 e. The molecule has 6 nitrogen and oxygen atoms in total. The highest BCUT2D eigenvalue weighted by molar-refractivity contribution is 6.28. The number of hydrogen-bond acceptors (Lipinski definition) is 5. The highest BCUT2D eigenvalue weighted by Crippen LogP contribution is 2.52. The van der Waals surface area contributed by atoms with Crippen LogP contribution in [-0.2, 0) is 4.79 Å². The molecule has 1 amide bonds. The molecule has 0 saturated heterocycles. The highest BCUT2D eigenvalue weighted by Gasteiger charge is 2.54. The molecule has 0 aliphatic heterocycles. The van der Waals surface area contributed by atoms with Crippen molar-refractivity contribution in [1.29, 1.82) is 0 Å². The van der Waals surface area contributed by atoms with Crippen LogP contribution in [0.25, 0.3) is 0 Å². The first-order valence-corrected chi connectivity index (χ1v) is 7.33. The fourth-order valence-corrected chi connectivity index (χ4v) is 4.11. The molecule has 5 atom stereocenters. The number of halogens is 2. The number of anilines is 1. The van der Waals surface area contributed by atoms with Crippen molar-refractivity contribution in [2.45, 2.75) is 18.9 Å². The number of amides is 1. The number of carbonyl (C=O) groups is 1. The third kappa shape index (κ3) is 2.44. The molecule has 21 heavy (non-hydrogen) atoms. The summed E-state index contributed by atoms with van der Waals surface area (Å²) in [5, 5.41) is 2.96. The lowest BCUT2D eigenvalue weighted by molar-refractivity contribution is -0.123. The van der Waals surface area contributed by atoms with Gasteiger partial charge < -0.3 is 16.8 Å². The Morgan fingerprint density at radius 2 is 2.29 bits per heavy atom. The molecule has 1 aromatic rings. The van der Waals surface area contributed by atoms with Gasteiger partial charge in [0.25, 0.3) is 0 Å². The van der Waals surface area contributed by atoms with Crippen molar-refractivity contribution in [3.8, 4) is 0 Å². The molecule has 5 unspecified atom stereocenters. The van der Waals surface area contributed by atoms with Gasteiger partial charge in [-0.1, -0.05) is 0 Å². The van der Waals surface area contributed by atoms with Crippen LogP contribution >= 0.6 is 11.6 Å². The fraction of sp³-hybridized carbons (Fsp3) is 0.615. The van der Waals surface area contributed by atoms with Crippen molar-refractivity contribution >= 4 is 23.3 Å². The number of nitrogens with zero attached hydrogens (tertiary/aromatic N) is 2. The Balaban J connectivity index is 1.88. The van der Waals surface area contributed by atoms with E-state index in [0.717, 1.165) is 19.0 Å². The minimum absolute atomic E-state index is 0.00886. The second-order valence-corrected chi connectivity index (χ2v) is 6.16. The Kier molecular flexibility index (Phi) is 3.71. The highest BCUT2D eigenvalue weighted by atomic mass is 35.5. The molecular weight excluding hydrogens is 297 g/mol. The molecule has 2 saturated carbocycles. The zero-order valence-corrected chi connectivity index (χ0v) is 12.1. The Labute approximate surface area is 126 Å². The van der Waals surface area contributed by atoms with E-state index >= 15 is 0 Å². The Bertz CT molecular complexity index is 571. The molecule has 114 valence electrons.